The fourth-order valence-corrected chi connectivity index (χ4v) is 2.89. The van der Waals surface area contributed by atoms with Crippen molar-refractivity contribution in [1.29, 1.82) is 0 Å². The highest BCUT2D eigenvalue weighted by atomic mass is 19.1. The van der Waals surface area contributed by atoms with E-state index in [1.807, 2.05) is 38.1 Å². The van der Waals surface area contributed by atoms with Gasteiger partial charge in [0.2, 0.25) is 0 Å². The third-order valence-corrected chi connectivity index (χ3v) is 4.44. The Hall–Kier alpha value is -3.15. The molecule has 0 fully saturated rings. The first-order valence-corrected chi connectivity index (χ1v) is 8.87. The number of carbonyl (C=O) groups excluding carboxylic acids is 1. The molecule has 0 aliphatic carbocycles. The maximum absolute atomic E-state index is 13.3. The molecule has 0 aliphatic heterocycles. The quantitative estimate of drug-likeness (QED) is 0.657. The number of benzene rings is 2. The van der Waals surface area contributed by atoms with Gasteiger partial charge < -0.3 is 9.64 Å². The molecule has 0 atom stereocenters. The number of nitrogens with zero attached hydrogens (tertiary/aromatic N) is 3. The highest BCUT2D eigenvalue weighted by molar-refractivity contribution is 5.94. The largest absolute Gasteiger partial charge is 0.497 e. The van der Waals surface area contributed by atoms with Gasteiger partial charge in [0.25, 0.3) is 5.91 Å². The van der Waals surface area contributed by atoms with Crippen molar-refractivity contribution in [2.24, 2.45) is 0 Å². The van der Waals surface area contributed by atoms with E-state index >= 15 is 0 Å². The summed E-state index contributed by atoms with van der Waals surface area (Å²) in [6.07, 6.45) is 0. The van der Waals surface area contributed by atoms with Crippen LogP contribution >= 0.6 is 0 Å². The molecule has 0 radical (unpaired) electrons. The number of methoxy groups -OCH3 is 1. The molecule has 0 bridgehead atoms. The van der Waals surface area contributed by atoms with Gasteiger partial charge in [0.1, 0.15) is 17.3 Å². The van der Waals surface area contributed by atoms with Gasteiger partial charge in [-0.05, 0) is 68.4 Å². The van der Waals surface area contributed by atoms with Gasteiger partial charge in [0.05, 0.1) is 18.5 Å². The van der Waals surface area contributed by atoms with Crippen LogP contribution in [0.2, 0.25) is 0 Å². The van der Waals surface area contributed by atoms with E-state index in [0.717, 1.165) is 17.0 Å². The van der Waals surface area contributed by atoms with E-state index in [1.165, 1.54) is 12.1 Å². The van der Waals surface area contributed by atoms with Gasteiger partial charge in [0.15, 0.2) is 0 Å². The Labute approximate surface area is 158 Å². The first kappa shape index (κ1) is 18.6. The minimum Gasteiger partial charge on any atom is -0.497 e. The number of carbonyl (C=O) groups is 1. The van der Waals surface area contributed by atoms with Crippen molar-refractivity contribution < 1.29 is 13.9 Å². The Bertz CT molecular complexity index is 914. The molecule has 1 heterocycles. The molecule has 0 unspecified atom stereocenters. The SMILES string of the molecule is CCN(CC)C(=O)c1cc(-c2ccc(F)cc2)nn1-c1ccc(OC)cc1. The number of aromatic nitrogens is 2. The van der Waals surface area contributed by atoms with Crippen molar-refractivity contribution in [3.05, 3.63) is 66.1 Å². The van der Waals surface area contributed by atoms with Crippen molar-refractivity contribution in [1.82, 2.24) is 14.7 Å². The Kier molecular flexibility index (Phi) is 5.54. The highest BCUT2D eigenvalue weighted by Crippen LogP contribution is 2.24. The van der Waals surface area contributed by atoms with Crippen LogP contribution in [0.4, 0.5) is 4.39 Å². The minimum atomic E-state index is -0.312. The van der Waals surface area contributed by atoms with E-state index < -0.39 is 0 Å². The monoisotopic (exact) mass is 367 g/mol. The lowest BCUT2D eigenvalue weighted by molar-refractivity contribution is 0.0764. The molecule has 5 nitrogen and oxygen atoms in total. The lowest BCUT2D eigenvalue weighted by Crippen LogP contribution is -2.32. The molecule has 6 heteroatoms. The zero-order chi connectivity index (χ0) is 19.4. The zero-order valence-electron chi connectivity index (χ0n) is 15.6. The zero-order valence-corrected chi connectivity index (χ0v) is 15.6. The number of hydrogen-bond acceptors (Lipinski definition) is 3. The second-order valence-electron chi connectivity index (χ2n) is 6.01. The third-order valence-electron chi connectivity index (χ3n) is 4.44. The molecule has 1 aromatic heterocycles. The second-order valence-corrected chi connectivity index (χ2v) is 6.01. The van der Waals surface area contributed by atoms with Crippen LogP contribution in [0.15, 0.2) is 54.6 Å². The lowest BCUT2D eigenvalue weighted by atomic mass is 10.1. The van der Waals surface area contributed by atoms with E-state index in [-0.39, 0.29) is 11.7 Å². The van der Waals surface area contributed by atoms with Crippen LogP contribution < -0.4 is 4.74 Å². The molecule has 0 spiro atoms. The van der Waals surface area contributed by atoms with Gasteiger partial charge >= 0.3 is 0 Å². The summed E-state index contributed by atoms with van der Waals surface area (Å²) < 4.78 is 20.1. The van der Waals surface area contributed by atoms with Gasteiger partial charge in [0, 0.05) is 18.7 Å². The third kappa shape index (κ3) is 3.84. The van der Waals surface area contributed by atoms with E-state index in [0.29, 0.717) is 24.5 Å². The Morgan fingerprint density at radius 2 is 1.70 bits per heavy atom. The minimum absolute atomic E-state index is 0.100. The lowest BCUT2D eigenvalue weighted by Gasteiger charge is -2.19. The summed E-state index contributed by atoms with van der Waals surface area (Å²) in [6, 6.07) is 15.2. The van der Waals surface area contributed by atoms with E-state index in [4.69, 9.17) is 4.74 Å². The summed E-state index contributed by atoms with van der Waals surface area (Å²) in [5.74, 6) is 0.311. The standard InChI is InChI=1S/C21H22FN3O2/c1-4-24(5-2)21(26)20-14-19(15-6-8-16(22)9-7-15)23-25(20)17-10-12-18(27-3)13-11-17/h6-14H,4-5H2,1-3H3. The Morgan fingerprint density at radius 1 is 1.07 bits per heavy atom. The van der Waals surface area contributed by atoms with Crippen molar-refractivity contribution >= 4 is 5.91 Å². The van der Waals surface area contributed by atoms with Gasteiger partial charge in [-0.2, -0.15) is 5.10 Å². The summed E-state index contributed by atoms with van der Waals surface area (Å²) in [5, 5.41) is 4.61. The molecule has 3 rings (SSSR count). The Balaban J connectivity index is 2.10. The number of halogens is 1. The average molecular weight is 367 g/mol. The molecule has 3 aromatic rings. The fraction of sp³-hybridized carbons (Fsp3) is 0.238. The van der Waals surface area contributed by atoms with Crippen LogP contribution in [-0.2, 0) is 0 Å². The van der Waals surface area contributed by atoms with E-state index in [1.54, 1.807) is 34.9 Å². The maximum Gasteiger partial charge on any atom is 0.272 e. The number of amides is 1. The molecular weight excluding hydrogens is 345 g/mol. The van der Waals surface area contributed by atoms with Crippen molar-refractivity contribution in [3.8, 4) is 22.7 Å². The first-order valence-electron chi connectivity index (χ1n) is 8.87. The van der Waals surface area contributed by atoms with Crippen LogP contribution in [0.25, 0.3) is 16.9 Å². The molecule has 140 valence electrons. The van der Waals surface area contributed by atoms with E-state index in [9.17, 15) is 9.18 Å². The highest BCUT2D eigenvalue weighted by Gasteiger charge is 2.21. The van der Waals surface area contributed by atoms with Crippen LogP contribution in [-0.4, -0.2) is 40.8 Å². The van der Waals surface area contributed by atoms with Gasteiger partial charge in [-0.25, -0.2) is 9.07 Å². The average Bonchev–Trinajstić information content (AvgIpc) is 3.15. The molecule has 2 aromatic carbocycles. The summed E-state index contributed by atoms with van der Waals surface area (Å²) in [4.78, 5) is 14.7. The molecule has 0 aliphatic rings. The normalized spacial score (nSPS) is 10.7. The second kappa shape index (κ2) is 8.03. The van der Waals surface area contributed by atoms with Crippen molar-refractivity contribution in [2.75, 3.05) is 20.2 Å². The number of rotatable bonds is 6. The van der Waals surface area contributed by atoms with Crippen molar-refractivity contribution in [3.63, 3.8) is 0 Å². The number of hydrogen-bond donors (Lipinski definition) is 0. The summed E-state index contributed by atoms with van der Waals surface area (Å²) in [5.41, 5.74) is 2.57. The first-order chi connectivity index (χ1) is 13.1. The van der Waals surface area contributed by atoms with E-state index in [2.05, 4.69) is 5.10 Å². The number of ether oxygens (including phenoxy) is 1. The predicted molar refractivity (Wildman–Crippen MR) is 103 cm³/mol. The van der Waals surface area contributed by atoms with Gasteiger partial charge in [-0.15, -0.1) is 0 Å². The Morgan fingerprint density at radius 3 is 2.26 bits per heavy atom. The topological polar surface area (TPSA) is 47.4 Å². The fourth-order valence-electron chi connectivity index (χ4n) is 2.89. The van der Waals surface area contributed by atoms with Crippen LogP contribution in [0.1, 0.15) is 24.3 Å². The molecule has 0 saturated carbocycles. The summed E-state index contributed by atoms with van der Waals surface area (Å²) in [6.45, 7) is 5.09. The molecular formula is C21H22FN3O2. The maximum atomic E-state index is 13.3. The van der Waals surface area contributed by atoms with Gasteiger partial charge in [-0.3, -0.25) is 4.79 Å². The predicted octanol–water partition coefficient (Wildman–Crippen LogP) is 4.17. The molecule has 0 N–H and O–H groups in total. The van der Waals surface area contributed by atoms with Crippen LogP contribution in [0, 0.1) is 5.82 Å². The summed E-state index contributed by atoms with van der Waals surface area (Å²) in [7, 11) is 1.60. The van der Waals surface area contributed by atoms with Crippen LogP contribution in [0.3, 0.4) is 0 Å². The molecule has 1 amide bonds. The van der Waals surface area contributed by atoms with Crippen LogP contribution in [0.5, 0.6) is 5.75 Å². The molecule has 27 heavy (non-hydrogen) atoms. The molecule has 0 saturated heterocycles. The van der Waals surface area contributed by atoms with Crippen molar-refractivity contribution in [2.45, 2.75) is 13.8 Å². The van der Waals surface area contributed by atoms with Gasteiger partial charge in [-0.1, -0.05) is 0 Å². The summed E-state index contributed by atoms with van der Waals surface area (Å²) >= 11 is 0. The smallest absolute Gasteiger partial charge is 0.272 e.